The summed E-state index contributed by atoms with van der Waals surface area (Å²) >= 11 is 0. The molecule has 0 atom stereocenters. The van der Waals surface area contributed by atoms with Crippen molar-refractivity contribution in [2.75, 3.05) is 26.7 Å². The Bertz CT molecular complexity index is 322. The van der Waals surface area contributed by atoms with Gasteiger partial charge in [0.25, 0.3) is 0 Å². The molecule has 20 heavy (non-hydrogen) atoms. The van der Waals surface area contributed by atoms with E-state index in [9.17, 15) is 4.79 Å². The van der Waals surface area contributed by atoms with Crippen molar-refractivity contribution in [3.8, 4) is 0 Å². The zero-order valence-electron chi connectivity index (χ0n) is 13.7. The molecule has 1 amide bonds. The highest BCUT2D eigenvalue weighted by Gasteiger charge is 2.19. The Morgan fingerprint density at radius 2 is 2.00 bits per heavy atom. The molecule has 0 aliphatic carbocycles. The standard InChI is InChI=1S/C14H30N4O2/c1-11(2)7-8-16-12(15)17-9-10-18(6)13(19)20-14(3,4)5/h11H,7-10H2,1-6H3,(H3,15,16,17). The van der Waals surface area contributed by atoms with Gasteiger partial charge in [0.1, 0.15) is 5.60 Å². The molecule has 0 aromatic heterocycles. The van der Waals surface area contributed by atoms with Crippen LogP contribution in [0, 0.1) is 5.92 Å². The van der Waals surface area contributed by atoms with Gasteiger partial charge in [0.2, 0.25) is 0 Å². The first-order valence-electron chi connectivity index (χ1n) is 7.09. The third-order valence-corrected chi connectivity index (χ3v) is 2.45. The lowest BCUT2D eigenvalue weighted by Gasteiger charge is -2.24. The maximum atomic E-state index is 11.7. The van der Waals surface area contributed by atoms with Crippen molar-refractivity contribution in [2.45, 2.75) is 46.6 Å². The lowest BCUT2D eigenvalue weighted by atomic mass is 10.1. The summed E-state index contributed by atoms with van der Waals surface area (Å²) in [6.45, 7) is 11.6. The van der Waals surface area contributed by atoms with E-state index < -0.39 is 5.60 Å². The monoisotopic (exact) mass is 286 g/mol. The van der Waals surface area contributed by atoms with E-state index in [1.165, 1.54) is 4.90 Å². The van der Waals surface area contributed by atoms with Crippen LogP contribution in [0.15, 0.2) is 4.99 Å². The van der Waals surface area contributed by atoms with Crippen molar-refractivity contribution in [1.82, 2.24) is 10.2 Å². The van der Waals surface area contributed by atoms with Crippen LogP contribution in [-0.2, 0) is 4.74 Å². The molecule has 118 valence electrons. The van der Waals surface area contributed by atoms with E-state index in [1.807, 2.05) is 20.8 Å². The normalized spacial score (nSPS) is 12.4. The molecule has 0 fully saturated rings. The highest BCUT2D eigenvalue weighted by atomic mass is 16.6. The zero-order chi connectivity index (χ0) is 15.8. The Balaban J connectivity index is 3.90. The fourth-order valence-electron chi connectivity index (χ4n) is 1.28. The summed E-state index contributed by atoms with van der Waals surface area (Å²) in [5.74, 6) is 1.04. The molecule has 3 N–H and O–H groups in total. The summed E-state index contributed by atoms with van der Waals surface area (Å²) in [6, 6.07) is 0. The molecule has 0 unspecified atom stereocenters. The first-order chi connectivity index (χ1) is 9.11. The Kier molecular flexibility index (Phi) is 8.03. The summed E-state index contributed by atoms with van der Waals surface area (Å²) in [5.41, 5.74) is 5.25. The molecule has 0 aliphatic rings. The highest BCUT2D eigenvalue weighted by Crippen LogP contribution is 2.08. The van der Waals surface area contributed by atoms with Gasteiger partial charge in [0, 0.05) is 26.7 Å². The van der Waals surface area contributed by atoms with E-state index in [4.69, 9.17) is 10.5 Å². The summed E-state index contributed by atoms with van der Waals surface area (Å²) in [7, 11) is 1.70. The van der Waals surface area contributed by atoms with Crippen LogP contribution in [0.2, 0.25) is 0 Å². The van der Waals surface area contributed by atoms with Crippen LogP contribution < -0.4 is 11.1 Å². The SMILES string of the molecule is CC(C)CCN=C(N)NCCN(C)C(=O)OC(C)(C)C. The minimum Gasteiger partial charge on any atom is -0.444 e. The van der Waals surface area contributed by atoms with Crippen molar-refractivity contribution < 1.29 is 9.53 Å². The minimum absolute atomic E-state index is 0.338. The predicted molar refractivity (Wildman–Crippen MR) is 82.8 cm³/mol. The minimum atomic E-state index is -0.476. The number of rotatable bonds is 6. The zero-order valence-corrected chi connectivity index (χ0v) is 13.7. The average molecular weight is 286 g/mol. The van der Waals surface area contributed by atoms with Crippen molar-refractivity contribution in [3.63, 3.8) is 0 Å². The number of aliphatic imine (C=N–C) groups is 1. The van der Waals surface area contributed by atoms with Gasteiger partial charge in [-0.15, -0.1) is 0 Å². The molecule has 0 spiro atoms. The topological polar surface area (TPSA) is 80.0 Å². The van der Waals surface area contributed by atoms with Gasteiger partial charge < -0.3 is 20.7 Å². The number of likely N-dealkylation sites (N-methyl/N-ethyl adjacent to an activating group) is 1. The number of ether oxygens (including phenoxy) is 1. The summed E-state index contributed by atoms with van der Waals surface area (Å²) in [6.07, 6.45) is 0.676. The molecule has 0 saturated heterocycles. The Morgan fingerprint density at radius 1 is 1.40 bits per heavy atom. The molecule has 0 aliphatic heterocycles. The van der Waals surface area contributed by atoms with Gasteiger partial charge in [0.05, 0.1) is 0 Å². The second-order valence-corrected chi connectivity index (χ2v) is 6.28. The maximum Gasteiger partial charge on any atom is 0.410 e. The number of carbonyl (C=O) groups excluding carboxylic acids is 1. The van der Waals surface area contributed by atoms with Gasteiger partial charge in [-0.1, -0.05) is 13.8 Å². The molecule has 0 bridgehead atoms. The first kappa shape index (κ1) is 18.5. The number of hydrogen-bond donors (Lipinski definition) is 2. The van der Waals surface area contributed by atoms with E-state index in [0.717, 1.165) is 13.0 Å². The van der Waals surface area contributed by atoms with Crippen molar-refractivity contribution in [3.05, 3.63) is 0 Å². The number of hydrogen-bond acceptors (Lipinski definition) is 3. The van der Waals surface area contributed by atoms with E-state index in [0.29, 0.717) is 25.0 Å². The lowest BCUT2D eigenvalue weighted by molar-refractivity contribution is 0.0302. The fourth-order valence-corrected chi connectivity index (χ4v) is 1.28. The molecule has 0 heterocycles. The molecule has 6 nitrogen and oxygen atoms in total. The van der Waals surface area contributed by atoms with Gasteiger partial charge in [-0.2, -0.15) is 0 Å². The fraction of sp³-hybridized carbons (Fsp3) is 0.857. The van der Waals surface area contributed by atoms with Crippen LogP contribution in [-0.4, -0.2) is 49.2 Å². The third kappa shape index (κ3) is 10.5. The molecule has 0 rings (SSSR count). The van der Waals surface area contributed by atoms with Crippen LogP contribution in [0.5, 0.6) is 0 Å². The summed E-state index contributed by atoms with van der Waals surface area (Å²) in [5, 5.41) is 2.98. The van der Waals surface area contributed by atoms with Crippen LogP contribution in [0.1, 0.15) is 41.0 Å². The molecule has 6 heteroatoms. The first-order valence-corrected chi connectivity index (χ1v) is 7.09. The Morgan fingerprint density at radius 3 is 2.50 bits per heavy atom. The highest BCUT2D eigenvalue weighted by molar-refractivity contribution is 5.77. The second kappa shape index (κ2) is 8.66. The summed E-state index contributed by atoms with van der Waals surface area (Å²) in [4.78, 5) is 17.4. The average Bonchev–Trinajstić information content (AvgIpc) is 2.25. The number of nitrogens with one attached hydrogen (secondary N) is 1. The molecular formula is C14H30N4O2. The largest absolute Gasteiger partial charge is 0.444 e. The number of nitrogens with two attached hydrogens (primary N) is 1. The van der Waals surface area contributed by atoms with Crippen molar-refractivity contribution in [1.29, 1.82) is 0 Å². The quantitative estimate of drug-likeness (QED) is 0.576. The molecule has 0 radical (unpaired) electrons. The van der Waals surface area contributed by atoms with E-state index in [2.05, 4.69) is 24.2 Å². The molecule has 0 aromatic carbocycles. The Hall–Kier alpha value is -1.46. The van der Waals surface area contributed by atoms with Crippen LogP contribution in [0.25, 0.3) is 0 Å². The number of amides is 1. The van der Waals surface area contributed by atoms with Crippen molar-refractivity contribution in [2.24, 2.45) is 16.6 Å². The van der Waals surface area contributed by atoms with E-state index in [1.54, 1.807) is 7.05 Å². The van der Waals surface area contributed by atoms with Crippen LogP contribution in [0.3, 0.4) is 0 Å². The number of guanidine groups is 1. The predicted octanol–water partition coefficient (Wildman–Crippen LogP) is 1.80. The Labute approximate surface area is 122 Å². The van der Waals surface area contributed by atoms with Crippen molar-refractivity contribution >= 4 is 12.1 Å². The van der Waals surface area contributed by atoms with Crippen LogP contribution >= 0.6 is 0 Å². The second-order valence-electron chi connectivity index (χ2n) is 6.28. The van der Waals surface area contributed by atoms with Gasteiger partial charge in [-0.05, 0) is 33.1 Å². The van der Waals surface area contributed by atoms with Crippen LogP contribution in [0.4, 0.5) is 4.79 Å². The maximum absolute atomic E-state index is 11.7. The lowest BCUT2D eigenvalue weighted by Crippen LogP contribution is -2.41. The van der Waals surface area contributed by atoms with Gasteiger partial charge >= 0.3 is 6.09 Å². The summed E-state index contributed by atoms with van der Waals surface area (Å²) < 4.78 is 5.25. The molecular weight excluding hydrogens is 256 g/mol. The molecule has 0 aromatic rings. The third-order valence-electron chi connectivity index (χ3n) is 2.45. The van der Waals surface area contributed by atoms with Gasteiger partial charge in [-0.3, -0.25) is 4.99 Å². The smallest absolute Gasteiger partial charge is 0.410 e. The number of carbonyl (C=O) groups is 1. The van der Waals surface area contributed by atoms with E-state index >= 15 is 0 Å². The van der Waals surface area contributed by atoms with Gasteiger partial charge in [0.15, 0.2) is 5.96 Å². The van der Waals surface area contributed by atoms with E-state index in [-0.39, 0.29) is 6.09 Å². The van der Waals surface area contributed by atoms with Gasteiger partial charge in [-0.25, -0.2) is 4.79 Å². The molecule has 0 saturated carbocycles. The number of nitrogens with zero attached hydrogens (tertiary/aromatic N) is 2.